The number of carbonyl (C=O) groups is 1. The molecule has 2 rings (SSSR count). The number of amides is 1. The first-order valence-corrected chi connectivity index (χ1v) is 5.64. The van der Waals surface area contributed by atoms with Crippen molar-refractivity contribution in [3.63, 3.8) is 0 Å². The maximum Gasteiger partial charge on any atom is 0.251 e. The maximum atomic E-state index is 11.8. The number of hydrogen-bond donors (Lipinski definition) is 1. The predicted octanol–water partition coefficient (Wildman–Crippen LogP) is 2.73. The molecule has 2 heteroatoms. The molecule has 1 amide bonds. The molecule has 82 valence electrons. The van der Waals surface area contributed by atoms with Crippen LogP contribution in [0.2, 0.25) is 0 Å². The second kappa shape index (κ2) is 4.05. The predicted molar refractivity (Wildman–Crippen MR) is 63.3 cm³/mol. The van der Waals surface area contributed by atoms with E-state index < -0.39 is 0 Å². The molecule has 0 radical (unpaired) electrons. The van der Waals surface area contributed by atoms with Gasteiger partial charge in [-0.15, -0.1) is 0 Å². The van der Waals surface area contributed by atoms with Gasteiger partial charge in [0.15, 0.2) is 0 Å². The van der Waals surface area contributed by atoms with Gasteiger partial charge >= 0.3 is 0 Å². The molecule has 0 saturated carbocycles. The van der Waals surface area contributed by atoms with E-state index in [2.05, 4.69) is 37.4 Å². The zero-order chi connectivity index (χ0) is 10.8. The Morgan fingerprint density at radius 2 is 2.33 bits per heavy atom. The second-order valence-electron chi connectivity index (χ2n) is 4.20. The molecule has 1 aromatic carbocycles. The molecule has 1 heterocycles. The second-order valence-corrected chi connectivity index (χ2v) is 4.20. The molecular formula is C13H19NO. The van der Waals surface area contributed by atoms with Crippen molar-refractivity contribution in [2.24, 2.45) is 0 Å². The normalized spacial score (nSPS) is 16.8. The molecule has 0 spiro atoms. The summed E-state index contributed by atoms with van der Waals surface area (Å²) in [6.07, 6.45) is 2.04. The lowest BCUT2D eigenvalue weighted by Gasteiger charge is -2.22. The molecule has 1 aliphatic rings. The molecule has 0 saturated heterocycles. The highest BCUT2D eigenvalue weighted by Gasteiger charge is 2.21. The van der Waals surface area contributed by atoms with Gasteiger partial charge in [0.05, 0.1) is 0 Å². The number of rotatable bonds is 2. The molecule has 1 aliphatic heterocycles. The number of nitrogens with one attached hydrogen (secondary N) is 1. The summed E-state index contributed by atoms with van der Waals surface area (Å²) in [5, 5.41) is 2.92. The molecule has 15 heavy (non-hydrogen) atoms. The fourth-order valence-electron chi connectivity index (χ4n) is 2.13. The summed E-state index contributed by atoms with van der Waals surface area (Å²) >= 11 is 0. The monoisotopic (exact) mass is 205 g/mol. The van der Waals surface area contributed by atoms with Crippen molar-refractivity contribution in [1.82, 2.24) is 5.32 Å². The smallest absolute Gasteiger partial charge is 0.251 e. The molecular weight excluding hydrogens is 186 g/mol. The van der Waals surface area contributed by atoms with Gasteiger partial charge in [-0.2, -0.15) is 0 Å². The van der Waals surface area contributed by atoms with Crippen LogP contribution in [0, 0.1) is 0 Å². The van der Waals surface area contributed by atoms with Crippen LogP contribution in [0.15, 0.2) is 18.2 Å². The van der Waals surface area contributed by atoms with Crippen molar-refractivity contribution >= 4 is 5.91 Å². The number of fused-ring (bicyclic) bond motifs is 1. The Bertz CT molecular complexity index is 390. The summed E-state index contributed by atoms with van der Waals surface area (Å²) < 4.78 is 0. The van der Waals surface area contributed by atoms with E-state index in [0.29, 0.717) is 5.92 Å². The fourth-order valence-corrected chi connectivity index (χ4v) is 2.13. The van der Waals surface area contributed by atoms with E-state index in [1.54, 1.807) is 0 Å². The van der Waals surface area contributed by atoms with Gasteiger partial charge in [-0.3, -0.25) is 4.79 Å². The lowest BCUT2D eigenvalue weighted by Crippen LogP contribution is -2.33. The summed E-state index contributed by atoms with van der Waals surface area (Å²) in [4.78, 5) is 11.8. The van der Waals surface area contributed by atoms with E-state index in [9.17, 15) is 4.79 Å². The third-order valence-electron chi connectivity index (χ3n) is 3.23. The Labute approximate surface area is 92.2 Å². The van der Waals surface area contributed by atoms with Crippen molar-refractivity contribution < 1.29 is 6.22 Å². The molecule has 1 unspecified atom stereocenters. The summed E-state index contributed by atoms with van der Waals surface area (Å²) in [5.41, 5.74) is 3.34. The zero-order valence-electron chi connectivity index (χ0n) is 9.34. The summed E-state index contributed by atoms with van der Waals surface area (Å²) in [6.45, 7) is 5.11. The summed E-state index contributed by atoms with van der Waals surface area (Å²) in [7, 11) is 0. The minimum absolute atomic E-state index is 0. The first kappa shape index (κ1) is 10.2. The Hall–Kier alpha value is -1.31. The zero-order valence-corrected chi connectivity index (χ0v) is 9.34. The highest BCUT2D eigenvalue weighted by molar-refractivity contribution is 5.98. The minimum Gasteiger partial charge on any atom is -0.352 e. The first-order chi connectivity index (χ1) is 7.24. The summed E-state index contributed by atoms with van der Waals surface area (Å²) in [5.74, 6) is 0.566. The summed E-state index contributed by atoms with van der Waals surface area (Å²) in [6, 6.07) is 6.22. The molecule has 0 bridgehead atoms. The lowest BCUT2D eigenvalue weighted by molar-refractivity contribution is 0.0944. The third-order valence-corrected chi connectivity index (χ3v) is 3.23. The van der Waals surface area contributed by atoms with Crippen molar-refractivity contribution in [2.45, 2.75) is 32.6 Å². The average Bonchev–Trinajstić information content (AvgIpc) is 2.28. The van der Waals surface area contributed by atoms with Gasteiger partial charge in [0, 0.05) is 13.5 Å². The maximum absolute atomic E-state index is 11.8. The van der Waals surface area contributed by atoms with Gasteiger partial charge in [0.25, 0.3) is 5.91 Å². The fraction of sp³-hybridized carbons (Fsp3) is 0.462. The van der Waals surface area contributed by atoms with Gasteiger partial charge in [-0.1, -0.05) is 32.0 Å². The Kier molecular flexibility index (Phi) is 2.76. The van der Waals surface area contributed by atoms with E-state index >= 15 is 0 Å². The quantitative estimate of drug-likeness (QED) is 0.790. The Morgan fingerprint density at radius 1 is 1.53 bits per heavy atom. The van der Waals surface area contributed by atoms with Gasteiger partial charge in [0.2, 0.25) is 0 Å². The molecule has 1 aromatic rings. The van der Waals surface area contributed by atoms with Crippen LogP contribution in [0.5, 0.6) is 0 Å². The van der Waals surface area contributed by atoms with Crippen molar-refractivity contribution in [1.29, 1.82) is 0 Å². The van der Waals surface area contributed by atoms with Gasteiger partial charge in [0.1, 0.15) is 0 Å². The van der Waals surface area contributed by atoms with Crippen LogP contribution in [0.3, 0.4) is 0 Å². The molecule has 1 atom stereocenters. The van der Waals surface area contributed by atoms with E-state index in [4.69, 9.17) is 0 Å². The van der Waals surface area contributed by atoms with Crippen LogP contribution in [0.4, 0.5) is 0 Å². The van der Waals surface area contributed by atoms with Crippen LogP contribution in [0.1, 0.15) is 49.1 Å². The van der Waals surface area contributed by atoms with E-state index in [0.717, 1.165) is 24.9 Å². The highest BCUT2D eigenvalue weighted by atomic mass is 16.1. The molecule has 2 nitrogen and oxygen atoms in total. The number of benzene rings is 1. The van der Waals surface area contributed by atoms with Crippen LogP contribution in [0.25, 0.3) is 0 Å². The Balaban J connectivity index is 0.00000128. The average molecular weight is 205 g/mol. The van der Waals surface area contributed by atoms with Gasteiger partial charge in [-0.05, 0) is 29.9 Å². The number of carbonyl (C=O) groups excluding carboxylic acids is 1. The third kappa shape index (κ3) is 1.76. The van der Waals surface area contributed by atoms with Crippen LogP contribution >= 0.6 is 0 Å². The lowest BCUT2D eigenvalue weighted by atomic mass is 9.88. The number of hydrogen-bond acceptors (Lipinski definition) is 1. The Morgan fingerprint density at radius 3 is 3.07 bits per heavy atom. The standard InChI is InChI=1S/C13H17NO.H2/c1-3-9(2)11-6-4-5-10-7-8-14-13(15)12(10)11;/h4-6,9H,3,7-8H2,1-2H3,(H,14,15);1H. The topological polar surface area (TPSA) is 29.1 Å². The van der Waals surface area contributed by atoms with Gasteiger partial charge < -0.3 is 5.32 Å². The highest BCUT2D eigenvalue weighted by Crippen LogP contribution is 2.26. The SMILES string of the molecule is CCC(C)c1cccc2c1C(=O)NCC2.[HH]. The van der Waals surface area contributed by atoms with E-state index in [-0.39, 0.29) is 7.33 Å². The molecule has 0 fully saturated rings. The van der Waals surface area contributed by atoms with Crippen LogP contribution in [-0.4, -0.2) is 12.5 Å². The molecule has 1 N–H and O–H groups in total. The van der Waals surface area contributed by atoms with Crippen molar-refractivity contribution in [3.05, 3.63) is 34.9 Å². The van der Waals surface area contributed by atoms with E-state index in [1.807, 2.05) is 0 Å². The largest absolute Gasteiger partial charge is 0.352 e. The molecule has 0 aliphatic carbocycles. The minimum atomic E-state index is 0. The van der Waals surface area contributed by atoms with Gasteiger partial charge in [-0.25, -0.2) is 0 Å². The van der Waals surface area contributed by atoms with Crippen molar-refractivity contribution in [3.8, 4) is 0 Å². The van der Waals surface area contributed by atoms with Crippen LogP contribution in [-0.2, 0) is 6.42 Å². The van der Waals surface area contributed by atoms with Crippen molar-refractivity contribution in [2.75, 3.05) is 6.54 Å². The molecule has 0 aromatic heterocycles. The first-order valence-electron chi connectivity index (χ1n) is 5.64. The van der Waals surface area contributed by atoms with E-state index in [1.165, 1.54) is 11.1 Å². The van der Waals surface area contributed by atoms with Crippen LogP contribution < -0.4 is 5.32 Å².